The van der Waals surface area contributed by atoms with Crippen LogP contribution in [0.3, 0.4) is 0 Å². The van der Waals surface area contributed by atoms with Gasteiger partial charge in [-0.05, 0) is 49.9 Å². The zero-order valence-electron chi connectivity index (χ0n) is 13.0. The first-order valence-corrected chi connectivity index (χ1v) is 7.81. The minimum absolute atomic E-state index is 0.0794. The Morgan fingerprint density at radius 2 is 1.26 bits per heavy atom. The molecule has 0 amide bonds. The summed E-state index contributed by atoms with van der Waals surface area (Å²) >= 11 is 0. The minimum atomic E-state index is -0.415. The van der Waals surface area contributed by atoms with Gasteiger partial charge >= 0.3 is 0 Å². The smallest absolute Gasteiger partial charge is 0.269 e. The lowest BCUT2D eigenvalue weighted by atomic mass is 10.2. The molecule has 0 fully saturated rings. The van der Waals surface area contributed by atoms with Crippen molar-refractivity contribution in [2.75, 3.05) is 13.2 Å². The summed E-state index contributed by atoms with van der Waals surface area (Å²) in [5.41, 5.74) is 0.0794. The quantitative estimate of drug-likeness (QED) is 0.365. The first kappa shape index (κ1) is 16.8. The van der Waals surface area contributed by atoms with Crippen molar-refractivity contribution in [2.45, 2.75) is 25.7 Å². The van der Waals surface area contributed by atoms with E-state index in [-0.39, 0.29) is 5.69 Å². The molecule has 2 aromatic rings. The van der Waals surface area contributed by atoms with Crippen LogP contribution >= 0.6 is 0 Å². The van der Waals surface area contributed by atoms with Crippen LogP contribution in [-0.4, -0.2) is 18.1 Å². The molecule has 0 atom stereocenters. The van der Waals surface area contributed by atoms with Gasteiger partial charge in [0.25, 0.3) is 5.69 Å². The van der Waals surface area contributed by atoms with Gasteiger partial charge in [0.15, 0.2) is 0 Å². The summed E-state index contributed by atoms with van der Waals surface area (Å²) in [4.78, 5) is 10.1. The summed E-state index contributed by atoms with van der Waals surface area (Å²) in [6.07, 6.45) is 4.15. The lowest BCUT2D eigenvalue weighted by molar-refractivity contribution is -0.384. The van der Waals surface area contributed by atoms with E-state index < -0.39 is 4.92 Å². The van der Waals surface area contributed by atoms with E-state index in [4.69, 9.17) is 9.47 Å². The first-order chi connectivity index (χ1) is 11.3. The van der Waals surface area contributed by atoms with Crippen LogP contribution in [0.5, 0.6) is 11.5 Å². The molecule has 0 unspecified atom stereocenters. The van der Waals surface area contributed by atoms with Gasteiger partial charge in [0.2, 0.25) is 0 Å². The zero-order valence-corrected chi connectivity index (χ0v) is 13.0. The third-order valence-electron chi connectivity index (χ3n) is 3.37. The molecule has 0 aromatic heterocycles. The van der Waals surface area contributed by atoms with Gasteiger partial charge in [0, 0.05) is 12.1 Å². The van der Waals surface area contributed by atoms with Gasteiger partial charge in [0.05, 0.1) is 18.1 Å². The van der Waals surface area contributed by atoms with Gasteiger partial charge in [0.1, 0.15) is 11.5 Å². The Hall–Kier alpha value is -2.56. The Morgan fingerprint density at radius 1 is 0.739 bits per heavy atom. The largest absolute Gasteiger partial charge is 0.494 e. The summed E-state index contributed by atoms with van der Waals surface area (Å²) in [6, 6.07) is 16.0. The van der Waals surface area contributed by atoms with E-state index >= 15 is 0 Å². The van der Waals surface area contributed by atoms with Gasteiger partial charge in [-0.2, -0.15) is 0 Å². The van der Waals surface area contributed by atoms with Crippen LogP contribution in [0, 0.1) is 10.1 Å². The normalized spacial score (nSPS) is 10.3. The van der Waals surface area contributed by atoms with Crippen LogP contribution in [0.2, 0.25) is 0 Å². The molecule has 2 rings (SSSR count). The number of ether oxygens (including phenoxy) is 2. The Labute approximate surface area is 136 Å². The van der Waals surface area contributed by atoms with Crippen molar-refractivity contribution in [1.29, 1.82) is 0 Å². The molecule has 0 aliphatic rings. The highest BCUT2D eigenvalue weighted by Gasteiger charge is 2.04. The van der Waals surface area contributed by atoms with E-state index in [0.29, 0.717) is 12.4 Å². The van der Waals surface area contributed by atoms with E-state index in [1.165, 1.54) is 12.1 Å². The third kappa shape index (κ3) is 6.38. The van der Waals surface area contributed by atoms with Crippen molar-refractivity contribution in [2.24, 2.45) is 0 Å². The maximum atomic E-state index is 10.5. The SMILES string of the molecule is O=[N+]([O-])c1ccc(OCCCCCCOc2ccccc2)cc1. The van der Waals surface area contributed by atoms with Crippen LogP contribution < -0.4 is 9.47 Å². The number of nitro benzene ring substituents is 1. The van der Waals surface area contributed by atoms with Gasteiger partial charge in [-0.15, -0.1) is 0 Å². The summed E-state index contributed by atoms with van der Waals surface area (Å²) in [5.74, 6) is 1.58. The lowest BCUT2D eigenvalue weighted by Crippen LogP contribution is -2.00. The zero-order chi connectivity index (χ0) is 16.3. The molecule has 2 aromatic carbocycles. The summed E-state index contributed by atoms with van der Waals surface area (Å²) in [5, 5.41) is 10.5. The summed E-state index contributed by atoms with van der Waals surface area (Å²) in [6.45, 7) is 1.35. The van der Waals surface area contributed by atoms with E-state index in [1.807, 2.05) is 30.3 Å². The number of unbranched alkanes of at least 4 members (excludes halogenated alkanes) is 3. The fraction of sp³-hybridized carbons (Fsp3) is 0.333. The van der Waals surface area contributed by atoms with Gasteiger partial charge in [-0.1, -0.05) is 18.2 Å². The predicted octanol–water partition coefficient (Wildman–Crippen LogP) is 4.61. The van der Waals surface area contributed by atoms with Crippen molar-refractivity contribution in [3.05, 3.63) is 64.7 Å². The molecule has 0 spiro atoms. The highest BCUT2D eigenvalue weighted by atomic mass is 16.6. The van der Waals surface area contributed by atoms with E-state index in [1.54, 1.807) is 12.1 Å². The Balaban J connectivity index is 1.50. The molecule has 5 nitrogen and oxygen atoms in total. The number of benzene rings is 2. The average Bonchev–Trinajstić information content (AvgIpc) is 2.58. The van der Waals surface area contributed by atoms with Crippen LogP contribution in [0.4, 0.5) is 5.69 Å². The molecule has 0 heterocycles. The second-order valence-electron chi connectivity index (χ2n) is 5.18. The molecule has 0 saturated carbocycles. The van der Waals surface area contributed by atoms with E-state index in [2.05, 4.69) is 0 Å². The van der Waals surface area contributed by atoms with Crippen molar-refractivity contribution in [1.82, 2.24) is 0 Å². The van der Waals surface area contributed by atoms with Crippen LogP contribution in [0.15, 0.2) is 54.6 Å². The Bertz CT molecular complexity index is 584. The maximum absolute atomic E-state index is 10.5. The van der Waals surface area contributed by atoms with Gasteiger partial charge < -0.3 is 9.47 Å². The molecule has 5 heteroatoms. The van der Waals surface area contributed by atoms with E-state index in [0.717, 1.165) is 38.0 Å². The standard InChI is InChI=1S/C18H21NO4/c20-19(21)16-10-12-18(13-11-16)23-15-7-2-1-6-14-22-17-8-4-3-5-9-17/h3-5,8-13H,1-2,6-7,14-15H2. The van der Waals surface area contributed by atoms with Crippen molar-refractivity contribution in [3.8, 4) is 11.5 Å². The lowest BCUT2D eigenvalue weighted by Gasteiger charge is -2.07. The number of para-hydroxylation sites is 1. The number of hydrogen-bond acceptors (Lipinski definition) is 4. The molecule has 0 aliphatic heterocycles. The number of hydrogen-bond donors (Lipinski definition) is 0. The number of nitrogens with zero attached hydrogens (tertiary/aromatic N) is 1. The maximum Gasteiger partial charge on any atom is 0.269 e. The molecule has 0 aliphatic carbocycles. The molecule has 0 N–H and O–H groups in total. The highest BCUT2D eigenvalue weighted by Crippen LogP contribution is 2.17. The van der Waals surface area contributed by atoms with Crippen LogP contribution in [0.1, 0.15) is 25.7 Å². The fourth-order valence-electron chi connectivity index (χ4n) is 2.12. The fourth-order valence-corrected chi connectivity index (χ4v) is 2.12. The topological polar surface area (TPSA) is 61.6 Å². The molecular weight excluding hydrogens is 294 g/mol. The third-order valence-corrected chi connectivity index (χ3v) is 3.37. The first-order valence-electron chi connectivity index (χ1n) is 7.81. The van der Waals surface area contributed by atoms with Gasteiger partial charge in [-0.25, -0.2) is 0 Å². The second kappa shape index (κ2) is 9.46. The predicted molar refractivity (Wildman–Crippen MR) is 89.0 cm³/mol. The van der Waals surface area contributed by atoms with Crippen molar-refractivity contribution < 1.29 is 14.4 Å². The minimum Gasteiger partial charge on any atom is -0.494 e. The van der Waals surface area contributed by atoms with Gasteiger partial charge in [-0.3, -0.25) is 10.1 Å². The van der Waals surface area contributed by atoms with Crippen LogP contribution in [-0.2, 0) is 0 Å². The Kier molecular flexibility index (Phi) is 6.91. The second-order valence-corrected chi connectivity index (χ2v) is 5.18. The van der Waals surface area contributed by atoms with Crippen LogP contribution in [0.25, 0.3) is 0 Å². The number of non-ortho nitro benzene ring substituents is 1. The molecule has 122 valence electrons. The highest BCUT2D eigenvalue weighted by molar-refractivity contribution is 5.35. The monoisotopic (exact) mass is 315 g/mol. The Morgan fingerprint density at radius 3 is 1.78 bits per heavy atom. The average molecular weight is 315 g/mol. The molecule has 0 radical (unpaired) electrons. The molecule has 0 bridgehead atoms. The number of rotatable bonds is 10. The van der Waals surface area contributed by atoms with E-state index in [9.17, 15) is 10.1 Å². The van der Waals surface area contributed by atoms with Crippen molar-refractivity contribution in [3.63, 3.8) is 0 Å². The molecule has 23 heavy (non-hydrogen) atoms. The molecular formula is C18H21NO4. The van der Waals surface area contributed by atoms with Crippen molar-refractivity contribution >= 4 is 5.69 Å². The number of nitro groups is 1. The summed E-state index contributed by atoms with van der Waals surface area (Å²) in [7, 11) is 0. The summed E-state index contributed by atoms with van der Waals surface area (Å²) < 4.78 is 11.2. The molecule has 0 saturated heterocycles.